The number of ether oxygens (including phenoxy) is 2. The molecule has 0 aliphatic carbocycles. The van der Waals surface area contributed by atoms with Gasteiger partial charge in [0, 0.05) is 11.5 Å². The van der Waals surface area contributed by atoms with E-state index in [9.17, 15) is 9.59 Å². The molecule has 120 valence electrons. The first-order valence-electron chi connectivity index (χ1n) is 7.22. The number of cyclic esters (lactones) is 1. The van der Waals surface area contributed by atoms with Crippen molar-refractivity contribution >= 4 is 17.7 Å². The summed E-state index contributed by atoms with van der Waals surface area (Å²) in [7, 11) is 1.58. The Balaban J connectivity index is 1.97. The van der Waals surface area contributed by atoms with E-state index in [0.29, 0.717) is 24.5 Å². The maximum absolute atomic E-state index is 12.0. The molecule has 2 rings (SSSR count). The average Bonchev–Trinajstić information content (AvgIpc) is 2.85. The van der Waals surface area contributed by atoms with Gasteiger partial charge in [0.1, 0.15) is 11.9 Å². The number of rotatable bonds is 4. The van der Waals surface area contributed by atoms with Gasteiger partial charge in [0.15, 0.2) is 0 Å². The second-order valence-corrected chi connectivity index (χ2v) is 6.28. The fraction of sp³-hybridized carbons (Fsp3) is 0.500. The highest BCUT2D eigenvalue weighted by Gasteiger charge is 2.33. The molecule has 1 fully saturated rings. The molecule has 2 amide bonds. The van der Waals surface area contributed by atoms with Crippen LogP contribution in [0.1, 0.15) is 20.8 Å². The van der Waals surface area contributed by atoms with E-state index in [1.54, 1.807) is 13.2 Å². The van der Waals surface area contributed by atoms with Crippen molar-refractivity contribution in [1.29, 1.82) is 0 Å². The lowest BCUT2D eigenvalue weighted by atomic mass is 9.96. The predicted octanol–water partition coefficient (Wildman–Crippen LogP) is 2.18. The van der Waals surface area contributed by atoms with Gasteiger partial charge in [-0.25, -0.2) is 4.79 Å². The standard InChI is InChI=1S/C16H22N2O4/c1-16(2,3)14(19)17-9-13-10-18(15(20)22-13)11-6-5-7-12(8-11)21-4/h5-8,13H,9-10H2,1-4H3,(H,17,19). The van der Waals surface area contributed by atoms with Crippen LogP contribution in [0.4, 0.5) is 10.5 Å². The molecule has 0 saturated carbocycles. The van der Waals surface area contributed by atoms with Crippen molar-refractivity contribution in [2.45, 2.75) is 26.9 Å². The molecule has 1 saturated heterocycles. The van der Waals surface area contributed by atoms with Gasteiger partial charge in [0.05, 0.1) is 25.9 Å². The summed E-state index contributed by atoms with van der Waals surface area (Å²) >= 11 is 0. The van der Waals surface area contributed by atoms with E-state index < -0.39 is 11.5 Å². The Bertz CT molecular complexity index is 566. The summed E-state index contributed by atoms with van der Waals surface area (Å²) in [4.78, 5) is 25.4. The van der Waals surface area contributed by atoms with Crippen LogP contribution in [0.15, 0.2) is 24.3 Å². The predicted molar refractivity (Wildman–Crippen MR) is 83.1 cm³/mol. The molecule has 0 radical (unpaired) electrons. The Hall–Kier alpha value is -2.24. The molecule has 1 heterocycles. The number of nitrogens with zero attached hydrogens (tertiary/aromatic N) is 1. The van der Waals surface area contributed by atoms with E-state index in [1.807, 2.05) is 39.0 Å². The molecule has 0 spiro atoms. The largest absolute Gasteiger partial charge is 0.497 e. The smallest absolute Gasteiger partial charge is 0.414 e. The molecule has 0 bridgehead atoms. The zero-order chi connectivity index (χ0) is 16.3. The van der Waals surface area contributed by atoms with Crippen LogP contribution in [0.3, 0.4) is 0 Å². The number of hydrogen-bond donors (Lipinski definition) is 1. The molecule has 1 aromatic carbocycles. The Morgan fingerprint density at radius 1 is 1.45 bits per heavy atom. The van der Waals surface area contributed by atoms with E-state index >= 15 is 0 Å². The lowest BCUT2D eigenvalue weighted by Gasteiger charge is -2.19. The quantitative estimate of drug-likeness (QED) is 0.926. The van der Waals surface area contributed by atoms with Crippen LogP contribution in [0.25, 0.3) is 0 Å². The number of anilines is 1. The van der Waals surface area contributed by atoms with E-state index in [1.165, 1.54) is 4.90 Å². The molecule has 1 atom stereocenters. The van der Waals surface area contributed by atoms with E-state index in [-0.39, 0.29) is 12.0 Å². The van der Waals surface area contributed by atoms with E-state index in [2.05, 4.69) is 5.32 Å². The van der Waals surface area contributed by atoms with Gasteiger partial charge in [0.2, 0.25) is 5.91 Å². The fourth-order valence-electron chi connectivity index (χ4n) is 2.09. The summed E-state index contributed by atoms with van der Waals surface area (Å²) in [5.74, 6) is 0.609. The minimum absolute atomic E-state index is 0.0663. The fourth-order valence-corrected chi connectivity index (χ4v) is 2.09. The second kappa shape index (κ2) is 6.25. The number of methoxy groups -OCH3 is 1. The molecule has 6 heteroatoms. The number of amides is 2. The third-order valence-electron chi connectivity index (χ3n) is 3.41. The van der Waals surface area contributed by atoms with Gasteiger partial charge in [-0.1, -0.05) is 26.8 Å². The van der Waals surface area contributed by atoms with E-state index in [4.69, 9.17) is 9.47 Å². The van der Waals surface area contributed by atoms with Crippen LogP contribution in [0, 0.1) is 5.41 Å². The van der Waals surface area contributed by atoms with Crippen LogP contribution in [0.5, 0.6) is 5.75 Å². The molecule has 1 aliphatic heterocycles. The van der Waals surface area contributed by atoms with Gasteiger partial charge in [-0.2, -0.15) is 0 Å². The SMILES string of the molecule is COc1cccc(N2CC(CNC(=O)C(C)(C)C)OC2=O)c1. The van der Waals surface area contributed by atoms with Gasteiger partial charge < -0.3 is 14.8 Å². The molecular formula is C16H22N2O4. The maximum Gasteiger partial charge on any atom is 0.414 e. The van der Waals surface area contributed by atoms with Gasteiger partial charge in [-0.3, -0.25) is 9.69 Å². The summed E-state index contributed by atoms with van der Waals surface area (Å²) in [6.07, 6.45) is -0.770. The van der Waals surface area contributed by atoms with Crippen LogP contribution >= 0.6 is 0 Å². The third kappa shape index (κ3) is 3.69. The molecule has 1 N–H and O–H groups in total. The van der Waals surface area contributed by atoms with E-state index in [0.717, 1.165) is 0 Å². The zero-order valence-corrected chi connectivity index (χ0v) is 13.4. The highest BCUT2D eigenvalue weighted by molar-refractivity contribution is 5.90. The Labute approximate surface area is 130 Å². The first kappa shape index (κ1) is 16.1. The van der Waals surface area contributed by atoms with Crippen molar-refractivity contribution in [1.82, 2.24) is 5.32 Å². The van der Waals surface area contributed by atoms with Crippen molar-refractivity contribution in [2.75, 3.05) is 25.1 Å². The third-order valence-corrected chi connectivity index (χ3v) is 3.41. The number of benzene rings is 1. The number of nitrogens with one attached hydrogen (secondary N) is 1. The van der Waals surface area contributed by atoms with Gasteiger partial charge in [-0.15, -0.1) is 0 Å². The highest BCUT2D eigenvalue weighted by atomic mass is 16.6. The van der Waals surface area contributed by atoms with Crippen molar-refractivity contribution < 1.29 is 19.1 Å². The molecule has 0 aromatic heterocycles. The second-order valence-electron chi connectivity index (χ2n) is 6.28. The summed E-state index contributed by atoms with van der Waals surface area (Å²) in [6.45, 7) is 6.22. The Morgan fingerprint density at radius 3 is 2.82 bits per heavy atom. The summed E-state index contributed by atoms with van der Waals surface area (Å²) in [5.41, 5.74) is 0.253. The van der Waals surface area contributed by atoms with Crippen molar-refractivity contribution in [3.05, 3.63) is 24.3 Å². The molecule has 6 nitrogen and oxygen atoms in total. The Kier molecular flexibility index (Phi) is 4.59. The first-order chi connectivity index (χ1) is 10.3. The zero-order valence-electron chi connectivity index (χ0n) is 13.4. The minimum atomic E-state index is -0.463. The molecule has 22 heavy (non-hydrogen) atoms. The van der Waals surface area contributed by atoms with Crippen LogP contribution in [-0.2, 0) is 9.53 Å². The molecule has 1 aliphatic rings. The van der Waals surface area contributed by atoms with Crippen molar-refractivity contribution in [3.63, 3.8) is 0 Å². The monoisotopic (exact) mass is 306 g/mol. The maximum atomic E-state index is 12.0. The normalized spacial score (nSPS) is 18.1. The number of carbonyl (C=O) groups excluding carboxylic acids is 2. The lowest BCUT2D eigenvalue weighted by molar-refractivity contribution is -0.128. The number of carbonyl (C=O) groups is 2. The average molecular weight is 306 g/mol. The minimum Gasteiger partial charge on any atom is -0.497 e. The summed E-state index contributed by atoms with van der Waals surface area (Å²) in [5, 5.41) is 2.81. The van der Waals surface area contributed by atoms with Crippen LogP contribution < -0.4 is 15.0 Å². The van der Waals surface area contributed by atoms with Crippen LogP contribution in [0.2, 0.25) is 0 Å². The van der Waals surface area contributed by atoms with Gasteiger partial charge >= 0.3 is 6.09 Å². The topological polar surface area (TPSA) is 67.9 Å². The molecular weight excluding hydrogens is 284 g/mol. The summed E-state index contributed by atoms with van der Waals surface area (Å²) < 4.78 is 10.5. The highest BCUT2D eigenvalue weighted by Crippen LogP contribution is 2.25. The lowest BCUT2D eigenvalue weighted by Crippen LogP contribution is -2.40. The van der Waals surface area contributed by atoms with Crippen LogP contribution in [-0.4, -0.2) is 38.3 Å². The van der Waals surface area contributed by atoms with Crippen molar-refractivity contribution in [2.24, 2.45) is 5.41 Å². The molecule has 1 aromatic rings. The molecule has 1 unspecified atom stereocenters. The first-order valence-corrected chi connectivity index (χ1v) is 7.22. The number of hydrogen-bond acceptors (Lipinski definition) is 4. The van der Waals surface area contributed by atoms with Gasteiger partial charge in [0.25, 0.3) is 0 Å². The van der Waals surface area contributed by atoms with Crippen molar-refractivity contribution in [3.8, 4) is 5.75 Å². The van der Waals surface area contributed by atoms with Gasteiger partial charge in [-0.05, 0) is 12.1 Å². The Morgan fingerprint density at radius 2 is 2.18 bits per heavy atom. The summed E-state index contributed by atoms with van der Waals surface area (Å²) in [6, 6.07) is 7.22.